The zero-order chi connectivity index (χ0) is 22.5. The minimum atomic E-state index is -0.264. The summed E-state index contributed by atoms with van der Waals surface area (Å²) in [5.74, 6) is -0.0919. The average Bonchev–Trinajstić information content (AvgIpc) is 3.48. The molecular weight excluding hydrogens is 432 g/mol. The van der Waals surface area contributed by atoms with Gasteiger partial charge in [-0.05, 0) is 32.1 Å². The summed E-state index contributed by atoms with van der Waals surface area (Å²) >= 11 is 1.30. The van der Waals surface area contributed by atoms with E-state index in [-0.39, 0.29) is 35.9 Å². The first-order valence-electron chi connectivity index (χ1n) is 11.3. The number of nitrogens with one attached hydrogen (secondary N) is 2. The number of thiazole rings is 1. The number of ether oxygens (including phenoxy) is 1. The fraction of sp³-hybridized carbons (Fsp3) is 0.667. The van der Waals surface area contributed by atoms with E-state index in [2.05, 4.69) is 25.5 Å². The van der Waals surface area contributed by atoms with Gasteiger partial charge in [0.15, 0.2) is 10.8 Å². The maximum atomic E-state index is 12.9. The Hall–Kier alpha value is -2.53. The molecule has 4 rings (SSSR count). The van der Waals surface area contributed by atoms with Crippen molar-refractivity contribution >= 4 is 38.6 Å². The minimum Gasteiger partial charge on any atom is -0.376 e. The van der Waals surface area contributed by atoms with Gasteiger partial charge in [-0.25, -0.2) is 4.98 Å². The fourth-order valence-corrected chi connectivity index (χ4v) is 5.07. The quantitative estimate of drug-likeness (QED) is 0.598. The lowest BCUT2D eigenvalue weighted by Crippen LogP contribution is -2.40. The number of aromatic nitrogens is 3. The predicted octanol–water partition coefficient (Wildman–Crippen LogP) is 0.891. The first-order chi connectivity index (χ1) is 15.5. The van der Waals surface area contributed by atoms with E-state index in [9.17, 15) is 14.4 Å². The standard InChI is InChI=1S/C21H30N6O4S/c1-2-7-22-19(29)14-5-8-26(9-6-14)21-25-18-17(32-21)20(30)27(13-24-18)12-16(28)23-11-15-4-3-10-31-15/h13-15H,2-12H2,1H3,(H,22,29)(H,23,28). The van der Waals surface area contributed by atoms with Crippen molar-refractivity contribution in [3.8, 4) is 0 Å². The molecule has 2 saturated heterocycles. The van der Waals surface area contributed by atoms with Crippen molar-refractivity contribution in [2.45, 2.75) is 51.7 Å². The summed E-state index contributed by atoms with van der Waals surface area (Å²) in [5.41, 5.74) is 0.133. The Morgan fingerprint density at radius 2 is 2.06 bits per heavy atom. The third kappa shape index (κ3) is 5.26. The number of piperidine rings is 1. The second kappa shape index (κ2) is 10.4. The summed E-state index contributed by atoms with van der Waals surface area (Å²) in [6.45, 7) is 5.28. The number of hydrogen-bond donors (Lipinski definition) is 2. The summed E-state index contributed by atoms with van der Waals surface area (Å²) in [7, 11) is 0. The van der Waals surface area contributed by atoms with Crippen LogP contribution in [0.1, 0.15) is 39.0 Å². The van der Waals surface area contributed by atoms with Crippen LogP contribution in [0.5, 0.6) is 0 Å². The van der Waals surface area contributed by atoms with Crippen LogP contribution in [-0.4, -0.2) is 65.2 Å². The van der Waals surface area contributed by atoms with Crippen LogP contribution < -0.4 is 21.1 Å². The number of anilines is 1. The molecule has 174 valence electrons. The van der Waals surface area contributed by atoms with Crippen molar-refractivity contribution < 1.29 is 14.3 Å². The molecule has 0 bridgehead atoms. The molecule has 1 atom stereocenters. The Morgan fingerprint density at radius 3 is 2.78 bits per heavy atom. The minimum absolute atomic E-state index is 0.0238. The van der Waals surface area contributed by atoms with E-state index in [0.717, 1.165) is 43.8 Å². The number of amides is 2. The zero-order valence-corrected chi connectivity index (χ0v) is 19.2. The third-order valence-electron chi connectivity index (χ3n) is 5.92. The number of hydrogen-bond acceptors (Lipinski definition) is 8. The molecule has 1 unspecified atom stereocenters. The van der Waals surface area contributed by atoms with E-state index < -0.39 is 0 Å². The van der Waals surface area contributed by atoms with Gasteiger partial charge in [-0.1, -0.05) is 18.3 Å². The Morgan fingerprint density at radius 1 is 1.25 bits per heavy atom. The molecule has 2 N–H and O–H groups in total. The highest BCUT2D eigenvalue weighted by atomic mass is 32.1. The van der Waals surface area contributed by atoms with Crippen molar-refractivity contribution in [2.75, 3.05) is 37.7 Å². The summed E-state index contributed by atoms with van der Waals surface area (Å²) in [4.78, 5) is 48.3. The maximum Gasteiger partial charge on any atom is 0.273 e. The highest BCUT2D eigenvalue weighted by molar-refractivity contribution is 7.22. The van der Waals surface area contributed by atoms with Gasteiger partial charge in [-0.2, -0.15) is 4.98 Å². The number of nitrogens with zero attached hydrogens (tertiary/aromatic N) is 4. The van der Waals surface area contributed by atoms with E-state index in [0.29, 0.717) is 36.5 Å². The summed E-state index contributed by atoms with van der Waals surface area (Å²) < 4.78 is 7.26. The van der Waals surface area contributed by atoms with Gasteiger partial charge in [0, 0.05) is 38.7 Å². The van der Waals surface area contributed by atoms with E-state index in [1.165, 1.54) is 22.2 Å². The lowest BCUT2D eigenvalue weighted by molar-refractivity contribution is -0.125. The second-order valence-electron chi connectivity index (χ2n) is 8.32. The lowest BCUT2D eigenvalue weighted by atomic mass is 9.96. The van der Waals surface area contributed by atoms with Gasteiger partial charge in [0.1, 0.15) is 17.6 Å². The molecule has 0 aromatic carbocycles. The first-order valence-corrected chi connectivity index (χ1v) is 12.1. The lowest BCUT2D eigenvalue weighted by Gasteiger charge is -2.30. The third-order valence-corrected chi connectivity index (χ3v) is 7.02. The Bertz CT molecular complexity index is 1010. The van der Waals surface area contributed by atoms with Crippen LogP contribution in [0, 0.1) is 5.92 Å². The topological polar surface area (TPSA) is 118 Å². The predicted molar refractivity (Wildman–Crippen MR) is 122 cm³/mol. The van der Waals surface area contributed by atoms with Crippen LogP contribution in [-0.2, 0) is 20.9 Å². The first kappa shape index (κ1) is 22.7. The molecule has 2 amide bonds. The van der Waals surface area contributed by atoms with Crippen LogP contribution in [0.4, 0.5) is 5.13 Å². The molecule has 2 aromatic rings. The smallest absolute Gasteiger partial charge is 0.273 e. The van der Waals surface area contributed by atoms with Gasteiger partial charge >= 0.3 is 0 Å². The van der Waals surface area contributed by atoms with Crippen molar-refractivity contribution in [1.29, 1.82) is 0 Å². The monoisotopic (exact) mass is 462 g/mol. The molecular formula is C21H30N6O4S. The average molecular weight is 463 g/mol. The molecule has 2 aliphatic heterocycles. The van der Waals surface area contributed by atoms with Crippen LogP contribution in [0.3, 0.4) is 0 Å². The molecule has 2 aromatic heterocycles. The van der Waals surface area contributed by atoms with Crippen LogP contribution in [0.2, 0.25) is 0 Å². The molecule has 2 fully saturated rings. The fourth-order valence-electron chi connectivity index (χ4n) is 4.05. The highest BCUT2D eigenvalue weighted by Crippen LogP contribution is 2.29. The van der Waals surface area contributed by atoms with Crippen LogP contribution >= 0.6 is 11.3 Å². The van der Waals surface area contributed by atoms with Crippen molar-refractivity contribution in [2.24, 2.45) is 5.92 Å². The highest BCUT2D eigenvalue weighted by Gasteiger charge is 2.27. The Labute approximate surface area is 190 Å². The van der Waals surface area contributed by atoms with Gasteiger partial charge in [-0.15, -0.1) is 0 Å². The van der Waals surface area contributed by atoms with E-state index in [1.54, 1.807) is 0 Å². The molecule has 10 nitrogen and oxygen atoms in total. The molecule has 32 heavy (non-hydrogen) atoms. The molecule has 0 radical (unpaired) electrons. The van der Waals surface area contributed by atoms with E-state index in [4.69, 9.17) is 4.74 Å². The molecule has 2 aliphatic rings. The van der Waals surface area contributed by atoms with Gasteiger partial charge < -0.3 is 20.3 Å². The Kier molecular flexibility index (Phi) is 7.36. The molecule has 4 heterocycles. The zero-order valence-electron chi connectivity index (χ0n) is 18.3. The summed E-state index contributed by atoms with van der Waals surface area (Å²) in [5, 5.41) is 6.53. The van der Waals surface area contributed by atoms with Gasteiger partial charge in [0.05, 0.1) is 6.10 Å². The largest absolute Gasteiger partial charge is 0.376 e. The number of fused-ring (bicyclic) bond motifs is 1. The maximum absolute atomic E-state index is 12.9. The van der Waals surface area contributed by atoms with Crippen molar-refractivity contribution in [3.05, 3.63) is 16.7 Å². The SMILES string of the molecule is CCCNC(=O)C1CCN(c2nc3ncn(CC(=O)NCC4CCCO4)c(=O)c3s2)CC1. The van der Waals surface area contributed by atoms with Crippen LogP contribution in [0.25, 0.3) is 10.3 Å². The molecule has 11 heteroatoms. The van der Waals surface area contributed by atoms with Crippen LogP contribution in [0.15, 0.2) is 11.1 Å². The number of carbonyl (C=O) groups is 2. The molecule has 0 saturated carbocycles. The van der Waals surface area contributed by atoms with Gasteiger partial charge in [0.25, 0.3) is 5.56 Å². The summed E-state index contributed by atoms with van der Waals surface area (Å²) in [6, 6.07) is 0. The van der Waals surface area contributed by atoms with Gasteiger partial charge in [-0.3, -0.25) is 19.0 Å². The molecule has 0 spiro atoms. The van der Waals surface area contributed by atoms with Crippen molar-refractivity contribution in [3.63, 3.8) is 0 Å². The normalized spacial score (nSPS) is 19.4. The molecule has 0 aliphatic carbocycles. The Balaban J connectivity index is 1.37. The van der Waals surface area contributed by atoms with E-state index in [1.807, 2.05) is 6.92 Å². The second-order valence-corrected chi connectivity index (χ2v) is 9.30. The number of rotatable bonds is 8. The number of carbonyl (C=O) groups excluding carboxylic acids is 2. The summed E-state index contributed by atoms with van der Waals surface area (Å²) in [6.07, 6.45) is 5.83. The van der Waals surface area contributed by atoms with E-state index >= 15 is 0 Å². The van der Waals surface area contributed by atoms with Gasteiger partial charge in [0.2, 0.25) is 11.8 Å². The van der Waals surface area contributed by atoms with Crippen molar-refractivity contribution in [1.82, 2.24) is 25.2 Å².